The summed E-state index contributed by atoms with van der Waals surface area (Å²) in [6.07, 6.45) is 4.74. The molecule has 0 nitrogen and oxygen atoms in total. The zero-order chi connectivity index (χ0) is 11.4. The van der Waals surface area contributed by atoms with Crippen LogP contribution in [-0.2, 0) is 6.16 Å². The summed E-state index contributed by atoms with van der Waals surface area (Å²) in [5, 5.41) is 0. The number of hydrogen-bond acceptors (Lipinski definition) is 0. The van der Waals surface area contributed by atoms with Gasteiger partial charge in [0.2, 0.25) is 0 Å². The van der Waals surface area contributed by atoms with Crippen molar-refractivity contribution in [2.24, 2.45) is 0 Å². The Morgan fingerprint density at radius 3 is 2.27 bits per heavy atom. The van der Waals surface area contributed by atoms with Crippen LogP contribution in [0.25, 0.3) is 0 Å². The molecule has 0 fully saturated rings. The van der Waals surface area contributed by atoms with Gasteiger partial charge in [-0.25, -0.2) is 0 Å². The summed E-state index contributed by atoms with van der Waals surface area (Å²) in [4.78, 5) is 0. The van der Waals surface area contributed by atoms with Crippen molar-refractivity contribution in [2.45, 2.75) is 25.9 Å². The van der Waals surface area contributed by atoms with E-state index in [0.717, 1.165) is 6.16 Å². The van der Waals surface area contributed by atoms with Gasteiger partial charge in [0.1, 0.15) is 0 Å². The molecule has 86 valence electrons. The number of benzene rings is 1. The first-order valence-electron chi connectivity index (χ1n) is 5.67. The van der Waals surface area contributed by atoms with Crippen molar-refractivity contribution >= 4 is 17.2 Å². The standard InChI is InChI=1S/C13H22ClP/c1-4-5-11-15(2,3,14)12-13-9-7-6-8-10-13/h6-10H,4-5,11-12H2,1-3H3. The summed E-state index contributed by atoms with van der Waals surface area (Å²) >= 11 is 6.84. The number of rotatable bonds is 5. The molecular weight excluding hydrogens is 223 g/mol. The van der Waals surface area contributed by atoms with Gasteiger partial charge in [-0.05, 0) is 0 Å². The van der Waals surface area contributed by atoms with Crippen LogP contribution < -0.4 is 0 Å². The number of halogens is 1. The van der Waals surface area contributed by atoms with Gasteiger partial charge >= 0.3 is 98.5 Å². The summed E-state index contributed by atoms with van der Waals surface area (Å²) in [7, 11) is 0. The monoisotopic (exact) mass is 244 g/mol. The number of unbranched alkanes of at least 4 members (excludes halogenated alkanes) is 1. The van der Waals surface area contributed by atoms with Crippen LogP contribution in [0, 0.1) is 0 Å². The van der Waals surface area contributed by atoms with Crippen LogP contribution in [0.3, 0.4) is 0 Å². The van der Waals surface area contributed by atoms with Crippen molar-refractivity contribution in [3.8, 4) is 0 Å². The Labute approximate surface area is 98.8 Å². The van der Waals surface area contributed by atoms with Crippen LogP contribution >= 0.6 is 17.2 Å². The van der Waals surface area contributed by atoms with Gasteiger partial charge in [0.05, 0.1) is 0 Å². The molecule has 0 amide bonds. The van der Waals surface area contributed by atoms with Gasteiger partial charge in [-0.2, -0.15) is 0 Å². The van der Waals surface area contributed by atoms with E-state index in [2.05, 4.69) is 50.6 Å². The zero-order valence-corrected chi connectivity index (χ0v) is 11.7. The Balaban J connectivity index is 2.70. The van der Waals surface area contributed by atoms with Gasteiger partial charge in [0, 0.05) is 0 Å². The minimum absolute atomic E-state index is 1.06. The molecule has 0 bridgehead atoms. The van der Waals surface area contributed by atoms with E-state index in [9.17, 15) is 0 Å². The fourth-order valence-corrected chi connectivity index (χ4v) is 5.43. The predicted molar refractivity (Wildman–Crippen MR) is 74.5 cm³/mol. The summed E-state index contributed by atoms with van der Waals surface area (Å²) in [5.41, 5.74) is 1.38. The minimum atomic E-state index is -1.96. The molecule has 0 radical (unpaired) electrons. The molecule has 0 unspecified atom stereocenters. The molecule has 0 saturated heterocycles. The molecule has 0 heterocycles. The summed E-state index contributed by atoms with van der Waals surface area (Å²) in [6, 6.07) is 10.6. The van der Waals surface area contributed by atoms with E-state index < -0.39 is 5.96 Å². The molecule has 0 saturated carbocycles. The zero-order valence-electron chi connectivity index (χ0n) is 10.0. The molecule has 15 heavy (non-hydrogen) atoms. The van der Waals surface area contributed by atoms with E-state index in [1.54, 1.807) is 0 Å². The van der Waals surface area contributed by atoms with Crippen molar-refractivity contribution in [3.05, 3.63) is 35.9 Å². The first-order valence-corrected chi connectivity index (χ1v) is 10.1. The van der Waals surface area contributed by atoms with Crippen molar-refractivity contribution in [2.75, 3.05) is 19.5 Å². The van der Waals surface area contributed by atoms with Crippen molar-refractivity contribution < 1.29 is 0 Å². The molecule has 0 N–H and O–H groups in total. The van der Waals surface area contributed by atoms with E-state index in [-0.39, 0.29) is 0 Å². The maximum atomic E-state index is 6.84. The second-order valence-corrected chi connectivity index (χ2v) is 14.5. The van der Waals surface area contributed by atoms with Crippen LogP contribution in [0.15, 0.2) is 30.3 Å². The van der Waals surface area contributed by atoms with E-state index in [0.29, 0.717) is 0 Å². The van der Waals surface area contributed by atoms with Gasteiger partial charge in [-0.3, -0.25) is 0 Å². The molecule has 2 heteroatoms. The fourth-order valence-electron chi connectivity index (χ4n) is 1.87. The summed E-state index contributed by atoms with van der Waals surface area (Å²) in [6.45, 7) is 6.80. The molecule has 0 spiro atoms. The first-order chi connectivity index (χ1) is 6.91. The van der Waals surface area contributed by atoms with Crippen molar-refractivity contribution in [1.82, 2.24) is 0 Å². The third kappa shape index (κ3) is 5.00. The topological polar surface area (TPSA) is 0 Å². The molecule has 0 atom stereocenters. The molecule has 0 aliphatic rings. The van der Waals surface area contributed by atoms with Crippen molar-refractivity contribution in [3.63, 3.8) is 0 Å². The molecule has 1 rings (SSSR count). The van der Waals surface area contributed by atoms with E-state index in [1.807, 2.05) is 0 Å². The molecule has 1 aromatic rings. The SMILES string of the molecule is CCCCP(C)(C)(Cl)Cc1ccccc1. The Kier molecular flexibility index (Phi) is 4.20. The van der Waals surface area contributed by atoms with Gasteiger partial charge in [0.25, 0.3) is 0 Å². The van der Waals surface area contributed by atoms with Gasteiger partial charge in [0.15, 0.2) is 0 Å². The van der Waals surface area contributed by atoms with Crippen molar-refractivity contribution in [1.29, 1.82) is 0 Å². The van der Waals surface area contributed by atoms with Crippen LogP contribution in [-0.4, -0.2) is 19.5 Å². The third-order valence-electron chi connectivity index (χ3n) is 2.71. The Hall–Kier alpha value is -0.0600. The molecule has 0 aromatic heterocycles. The van der Waals surface area contributed by atoms with Crippen LogP contribution in [0.5, 0.6) is 0 Å². The maximum absolute atomic E-state index is 6.84. The molecular formula is C13H22ClP. The van der Waals surface area contributed by atoms with Crippen LogP contribution in [0.2, 0.25) is 0 Å². The first kappa shape index (κ1) is 13.0. The second-order valence-electron chi connectivity index (χ2n) is 5.23. The summed E-state index contributed by atoms with van der Waals surface area (Å²) in [5.74, 6) is -1.96. The average molecular weight is 245 g/mol. The van der Waals surface area contributed by atoms with Gasteiger partial charge in [-0.1, -0.05) is 0 Å². The van der Waals surface area contributed by atoms with Crippen LogP contribution in [0.1, 0.15) is 25.3 Å². The average Bonchev–Trinajstić information content (AvgIpc) is 2.15. The third-order valence-corrected chi connectivity index (χ3v) is 6.62. The molecule has 0 aliphatic carbocycles. The Morgan fingerprint density at radius 2 is 1.73 bits per heavy atom. The fraction of sp³-hybridized carbons (Fsp3) is 0.538. The van der Waals surface area contributed by atoms with E-state index in [4.69, 9.17) is 11.2 Å². The normalized spacial score (nSPS) is 14.5. The summed E-state index contributed by atoms with van der Waals surface area (Å²) < 4.78 is 0. The second kappa shape index (κ2) is 4.85. The number of hydrogen-bond donors (Lipinski definition) is 0. The van der Waals surface area contributed by atoms with Crippen LogP contribution in [0.4, 0.5) is 0 Å². The van der Waals surface area contributed by atoms with E-state index in [1.165, 1.54) is 24.6 Å². The van der Waals surface area contributed by atoms with Gasteiger partial charge < -0.3 is 0 Å². The molecule has 1 aromatic carbocycles. The Bertz CT molecular complexity index is 297. The quantitative estimate of drug-likeness (QED) is 0.643. The molecule has 0 aliphatic heterocycles. The van der Waals surface area contributed by atoms with Gasteiger partial charge in [-0.15, -0.1) is 0 Å². The van der Waals surface area contributed by atoms with E-state index >= 15 is 0 Å². The Morgan fingerprint density at radius 1 is 1.13 bits per heavy atom. The predicted octanol–water partition coefficient (Wildman–Crippen LogP) is 4.95.